The Morgan fingerprint density at radius 3 is 2.71 bits per heavy atom. The third-order valence-electron chi connectivity index (χ3n) is 3.56. The topological polar surface area (TPSA) is 49.3 Å². The fourth-order valence-electron chi connectivity index (χ4n) is 2.52. The van der Waals surface area contributed by atoms with E-state index in [2.05, 4.69) is 5.32 Å². The lowest BCUT2D eigenvalue weighted by atomic mass is 10.0. The number of aromatic carboxylic acids is 1. The van der Waals surface area contributed by atoms with E-state index in [-0.39, 0.29) is 0 Å². The van der Waals surface area contributed by atoms with Crippen molar-refractivity contribution in [3.63, 3.8) is 0 Å². The van der Waals surface area contributed by atoms with Crippen LogP contribution in [0.5, 0.6) is 0 Å². The van der Waals surface area contributed by atoms with Crippen molar-refractivity contribution in [2.75, 3.05) is 29.1 Å². The second kappa shape index (κ2) is 6.62. The average molecular weight is 319 g/mol. The molecule has 21 heavy (non-hydrogen) atoms. The minimum absolute atomic E-state index is 0.360. The lowest BCUT2D eigenvalue weighted by Gasteiger charge is -2.22. The summed E-state index contributed by atoms with van der Waals surface area (Å²) in [5, 5.41) is 15.2. The van der Waals surface area contributed by atoms with Crippen LogP contribution in [0.4, 0.5) is 5.69 Å². The average Bonchev–Trinajstić information content (AvgIpc) is 2.53. The van der Waals surface area contributed by atoms with E-state index in [1.165, 1.54) is 17.3 Å². The van der Waals surface area contributed by atoms with Gasteiger partial charge in [-0.2, -0.15) is 23.5 Å². The van der Waals surface area contributed by atoms with Crippen molar-refractivity contribution >= 4 is 46.0 Å². The maximum absolute atomic E-state index is 11.3. The molecule has 110 valence electrons. The van der Waals surface area contributed by atoms with Gasteiger partial charge in [-0.1, -0.05) is 24.3 Å². The zero-order chi connectivity index (χ0) is 14.7. The molecule has 3 rings (SSSR count). The molecular formula is C16H17NO2S2. The first kappa shape index (κ1) is 14.6. The fraction of sp³-hybridized carbons (Fsp3) is 0.312. The van der Waals surface area contributed by atoms with Crippen molar-refractivity contribution in [3.05, 3.63) is 42.0 Å². The lowest BCUT2D eigenvalue weighted by Crippen LogP contribution is -2.23. The molecule has 0 bridgehead atoms. The maximum Gasteiger partial charge on any atom is 0.336 e. The van der Waals surface area contributed by atoms with Gasteiger partial charge < -0.3 is 10.4 Å². The largest absolute Gasteiger partial charge is 0.478 e. The summed E-state index contributed by atoms with van der Waals surface area (Å²) in [5.74, 6) is 2.77. The van der Waals surface area contributed by atoms with Gasteiger partial charge >= 0.3 is 5.97 Å². The summed E-state index contributed by atoms with van der Waals surface area (Å²) in [6.45, 7) is 0.925. The van der Waals surface area contributed by atoms with Gasteiger partial charge in [0.15, 0.2) is 0 Å². The summed E-state index contributed by atoms with van der Waals surface area (Å²) in [4.78, 5) is 11.3. The highest BCUT2D eigenvalue weighted by molar-refractivity contribution is 8.06. The van der Waals surface area contributed by atoms with Gasteiger partial charge in [0.1, 0.15) is 0 Å². The van der Waals surface area contributed by atoms with Crippen LogP contribution in [0.3, 0.4) is 0 Å². The predicted octanol–water partition coefficient (Wildman–Crippen LogP) is 3.80. The summed E-state index contributed by atoms with van der Waals surface area (Å²) in [6, 6.07) is 11.3. The first-order valence-electron chi connectivity index (χ1n) is 6.94. The molecule has 0 saturated carbocycles. The number of carboxylic acids is 1. The Hall–Kier alpha value is -1.33. The Balaban J connectivity index is 1.85. The molecular weight excluding hydrogens is 302 g/mol. The van der Waals surface area contributed by atoms with E-state index in [9.17, 15) is 9.90 Å². The van der Waals surface area contributed by atoms with Crippen molar-refractivity contribution in [1.82, 2.24) is 0 Å². The van der Waals surface area contributed by atoms with Crippen molar-refractivity contribution in [3.8, 4) is 0 Å². The summed E-state index contributed by atoms with van der Waals surface area (Å²) in [5.41, 5.74) is 1.38. The first-order chi connectivity index (χ1) is 10.3. The van der Waals surface area contributed by atoms with Gasteiger partial charge in [0, 0.05) is 40.1 Å². The highest BCUT2D eigenvalue weighted by Gasteiger charge is 2.15. The SMILES string of the molecule is O=C(O)c1ccc(NCC2CSCCS2)c2ccccc12. The predicted molar refractivity (Wildman–Crippen MR) is 93.0 cm³/mol. The standard InChI is InChI=1S/C16H17NO2S2/c18-16(19)14-5-6-15(13-4-2-1-3-12(13)14)17-9-11-10-20-7-8-21-11/h1-6,11,17H,7-10H2,(H,18,19). The van der Waals surface area contributed by atoms with Crippen molar-refractivity contribution in [2.45, 2.75) is 5.25 Å². The van der Waals surface area contributed by atoms with E-state index >= 15 is 0 Å². The number of carboxylic acid groups (broad SMARTS) is 1. The minimum Gasteiger partial charge on any atom is -0.478 e. The molecule has 1 heterocycles. The van der Waals surface area contributed by atoms with Gasteiger partial charge in [-0.05, 0) is 17.5 Å². The number of hydrogen-bond donors (Lipinski definition) is 2. The van der Waals surface area contributed by atoms with Crippen LogP contribution < -0.4 is 5.32 Å². The number of carbonyl (C=O) groups is 1. The Morgan fingerprint density at radius 1 is 1.19 bits per heavy atom. The smallest absolute Gasteiger partial charge is 0.336 e. The zero-order valence-electron chi connectivity index (χ0n) is 11.5. The van der Waals surface area contributed by atoms with E-state index < -0.39 is 5.97 Å². The van der Waals surface area contributed by atoms with Gasteiger partial charge in [-0.15, -0.1) is 0 Å². The van der Waals surface area contributed by atoms with Crippen LogP contribution in [0.2, 0.25) is 0 Å². The Labute approximate surface area is 132 Å². The van der Waals surface area contributed by atoms with Crippen LogP contribution in [-0.4, -0.2) is 40.1 Å². The number of thioether (sulfide) groups is 2. The van der Waals surface area contributed by atoms with E-state index in [1.54, 1.807) is 6.07 Å². The van der Waals surface area contributed by atoms with Gasteiger partial charge in [0.2, 0.25) is 0 Å². The second-order valence-electron chi connectivity index (χ2n) is 4.96. The molecule has 2 N–H and O–H groups in total. The van der Waals surface area contributed by atoms with Crippen LogP contribution in [-0.2, 0) is 0 Å². The Kier molecular flexibility index (Phi) is 4.60. The highest BCUT2D eigenvalue weighted by atomic mass is 32.2. The zero-order valence-corrected chi connectivity index (χ0v) is 13.2. The molecule has 3 nitrogen and oxygen atoms in total. The van der Waals surface area contributed by atoms with E-state index in [0.29, 0.717) is 10.8 Å². The van der Waals surface area contributed by atoms with Crippen molar-refractivity contribution in [1.29, 1.82) is 0 Å². The molecule has 1 saturated heterocycles. The highest BCUT2D eigenvalue weighted by Crippen LogP contribution is 2.28. The minimum atomic E-state index is -0.878. The van der Waals surface area contributed by atoms with Gasteiger partial charge in [0.25, 0.3) is 0 Å². The molecule has 0 aromatic heterocycles. The van der Waals surface area contributed by atoms with Crippen LogP contribution in [0.15, 0.2) is 36.4 Å². The summed E-state index contributed by atoms with van der Waals surface area (Å²) < 4.78 is 0. The normalized spacial score (nSPS) is 18.6. The molecule has 0 amide bonds. The van der Waals surface area contributed by atoms with Crippen LogP contribution in [0.1, 0.15) is 10.4 Å². The van der Waals surface area contributed by atoms with Gasteiger partial charge in [-0.25, -0.2) is 4.79 Å². The number of hydrogen-bond acceptors (Lipinski definition) is 4. The summed E-state index contributed by atoms with van der Waals surface area (Å²) >= 11 is 4.03. The number of anilines is 1. The number of benzene rings is 2. The van der Waals surface area contributed by atoms with E-state index in [4.69, 9.17) is 0 Å². The van der Waals surface area contributed by atoms with E-state index in [0.717, 1.165) is 23.0 Å². The molecule has 5 heteroatoms. The number of fused-ring (bicyclic) bond motifs is 1. The Bertz CT molecular complexity index is 654. The molecule has 1 unspecified atom stereocenters. The van der Waals surface area contributed by atoms with Crippen molar-refractivity contribution < 1.29 is 9.90 Å². The monoisotopic (exact) mass is 319 g/mol. The third-order valence-corrected chi connectivity index (χ3v) is 6.40. The summed E-state index contributed by atoms with van der Waals surface area (Å²) in [7, 11) is 0. The van der Waals surface area contributed by atoms with Crippen LogP contribution in [0, 0.1) is 0 Å². The van der Waals surface area contributed by atoms with Gasteiger partial charge in [0.05, 0.1) is 5.56 Å². The van der Waals surface area contributed by atoms with Crippen LogP contribution >= 0.6 is 23.5 Å². The molecule has 2 aromatic carbocycles. The lowest BCUT2D eigenvalue weighted by molar-refractivity contribution is 0.0699. The summed E-state index contributed by atoms with van der Waals surface area (Å²) in [6.07, 6.45) is 0. The fourth-order valence-corrected chi connectivity index (χ4v) is 5.13. The molecule has 1 fully saturated rings. The molecule has 0 aliphatic carbocycles. The molecule has 1 aliphatic heterocycles. The van der Waals surface area contributed by atoms with Crippen LogP contribution in [0.25, 0.3) is 10.8 Å². The molecule has 0 spiro atoms. The van der Waals surface area contributed by atoms with Crippen molar-refractivity contribution in [2.24, 2.45) is 0 Å². The molecule has 2 aromatic rings. The molecule has 0 radical (unpaired) electrons. The third kappa shape index (κ3) is 3.30. The quantitative estimate of drug-likeness (QED) is 0.898. The number of rotatable bonds is 4. The number of nitrogens with one attached hydrogen (secondary N) is 1. The maximum atomic E-state index is 11.3. The molecule has 1 aliphatic rings. The second-order valence-corrected chi connectivity index (χ2v) is 7.52. The first-order valence-corrected chi connectivity index (χ1v) is 9.14. The molecule has 1 atom stereocenters. The van der Waals surface area contributed by atoms with Gasteiger partial charge in [-0.3, -0.25) is 0 Å². The van der Waals surface area contributed by atoms with E-state index in [1.807, 2.05) is 53.9 Å². The Morgan fingerprint density at radius 2 is 2.00 bits per heavy atom.